The number of benzene rings is 1. The lowest BCUT2D eigenvalue weighted by atomic mass is 10.2. The molecule has 0 N–H and O–H groups in total. The molecule has 0 saturated carbocycles. The fourth-order valence-electron chi connectivity index (χ4n) is 1.29. The summed E-state index contributed by atoms with van der Waals surface area (Å²) in [5.41, 5.74) is 1.13. The fraction of sp³-hybridized carbons (Fsp3) is 0.462. The number of ether oxygens (including phenoxy) is 2. The van der Waals surface area contributed by atoms with E-state index < -0.39 is 0 Å². The van der Waals surface area contributed by atoms with Crippen LogP contribution < -0.4 is 0 Å². The van der Waals surface area contributed by atoms with Gasteiger partial charge in [-0.15, -0.1) is 0 Å². The zero-order valence-corrected chi connectivity index (χ0v) is 11.4. The molecule has 4 heteroatoms. The summed E-state index contributed by atoms with van der Waals surface area (Å²) in [7, 11) is 0.546. The predicted octanol–water partition coefficient (Wildman–Crippen LogP) is 2.12. The molecule has 3 nitrogen and oxygen atoms in total. The molecule has 92 valence electrons. The second-order valence-electron chi connectivity index (χ2n) is 3.33. The number of nitrogens with zero attached hydrogens (tertiary/aromatic N) is 1. The van der Waals surface area contributed by atoms with Crippen molar-refractivity contribution in [1.82, 2.24) is 0 Å². The molecule has 1 aromatic carbocycles. The summed E-state index contributed by atoms with van der Waals surface area (Å²) in [4.78, 5) is 4.37. The molecule has 0 fully saturated rings. The van der Waals surface area contributed by atoms with Crippen LogP contribution in [0.3, 0.4) is 0 Å². The Hall–Kier alpha value is -0.973. The first kappa shape index (κ1) is 14.1. The van der Waals surface area contributed by atoms with Crippen LogP contribution in [0.25, 0.3) is 0 Å². The Morgan fingerprint density at radius 3 is 2.41 bits per heavy atom. The quantitative estimate of drug-likeness (QED) is 0.401. The van der Waals surface area contributed by atoms with Gasteiger partial charge in [-0.3, -0.25) is 4.99 Å². The molecule has 0 aromatic heterocycles. The van der Waals surface area contributed by atoms with Crippen molar-refractivity contribution in [3.05, 3.63) is 35.9 Å². The van der Waals surface area contributed by atoms with Crippen LogP contribution in [-0.4, -0.2) is 41.0 Å². The van der Waals surface area contributed by atoms with Crippen LogP contribution in [0.1, 0.15) is 19.4 Å². The molecule has 0 heterocycles. The van der Waals surface area contributed by atoms with Crippen molar-refractivity contribution >= 4 is 15.7 Å². The van der Waals surface area contributed by atoms with Gasteiger partial charge in [0.05, 0.1) is 0 Å². The van der Waals surface area contributed by atoms with Crippen molar-refractivity contribution in [2.45, 2.75) is 19.8 Å². The van der Waals surface area contributed by atoms with E-state index >= 15 is 0 Å². The molecule has 0 spiro atoms. The number of hydrogen-bond acceptors (Lipinski definition) is 3. The van der Waals surface area contributed by atoms with Gasteiger partial charge in [0, 0.05) is 25.6 Å². The van der Waals surface area contributed by atoms with Crippen molar-refractivity contribution in [1.29, 1.82) is 0 Å². The zero-order valence-electron chi connectivity index (χ0n) is 10.4. The van der Waals surface area contributed by atoms with E-state index in [0.29, 0.717) is 22.7 Å². The Balaban J connectivity index is 2.28. The minimum atomic E-state index is -0.0991. The summed E-state index contributed by atoms with van der Waals surface area (Å²) in [6.07, 6.45) is 2.64. The molecular weight excluding hydrogens is 230 g/mol. The first-order valence-electron chi connectivity index (χ1n) is 5.88. The third kappa shape index (κ3) is 6.36. The van der Waals surface area contributed by atoms with E-state index in [-0.39, 0.29) is 5.91 Å². The normalized spacial score (nSPS) is 11.5. The van der Waals surface area contributed by atoms with Gasteiger partial charge in [-0.2, -0.15) is 0 Å². The van der Waals surface area contributed by atoms with E-state index in [0.717, 1.165) is 11.7 Å². The van der Waals surface area contributed by atoms with Gasteiger partial charge in [-0.05, 0) is 19.4 Å². The summed E-state index contributed by atoms with van der Waals surface area (Å²) in [5.74, 6) is -0.0991. The van der Waals surface area contributed by atoms with Crippen LogP contribution in [0.15, 0.2) is 35.3 Å². The average Bonchev–Trinajstić information content (AvgIpc) is 2.36. The number of hydrogen-bond donors (Lipinski definition) is 0. The minimum Gasteiger partial charge on any atom is -0.357 e. The molecule has 0 unspecified atom stereocenters. The van der Waals surface area contributed by atoms with Crippen molar-refractivity contribution in [3.8, 4) is 0 Å². The number of aliphatic imine (C=N–C) groups is 1. The van der Waals surface area contributed by atoms with Crippen molar-refractivity contribution in [2.75, 3.05) is 19.4 Å². The molecule has 0 aliphatic heterocycles. The van der Waals surface area contributed by atoms with Gasteiger partial charge in [0.2, 0.25) is 0 Å². The topological polar surface area (TPSA) is 30.8 Å². The van der Waals surface area contributed by atoms with Crippen LogP contribution in [0.4, 0.5) is 0 Å². The van der Waals surface area contributed by atoms with Gasteiger partial charge in [-0.25, -0.2) is 0 Å². The molecule has 0 bridgehead atoms. The average molecular weight is 249 g/mol. The van der Waals surface area contributed by atoms with Crippen LogP contribution >= 0.6 is 0 Å². The van der Waals surface area contributed by atoms with Crippen LogP contribution in [-0.2, 0) is 9.47 Å². The van der Waals surface area contributed by atoms with Gasteiger partial charge in [0.25, 0.3) is 0 Å². The van der Waals surface area contributed by atoms with E-state index in [9.17, 15) is 0 Å². The van der Waals surface area contributed by atoms with E-state index in [1.54, 1.807) is 0 Å². The highest BCUT2D eigenvalue weighted by molar-refractivity contribution is 6.37. The second kappa shape index (κ2) is 9.10. The Morgan fingerprint density at radius 2 is 1.82 bits per heavy atom. The predicted molar refractivity (Wildman–Crippen MR) is 71.7 cm³/mol. The third-order valence-electron chi connectivity index (χ3n) is 2.03. The summed E-state index contributed by atoms with van der Waals surface area (Å²) < 4.78 is 10.9. The smallest absolute Gasteiger partial charge is 0.144 e. The van der Waals surface area contributed by atoms with Gasteiger partial charge < -0.3 is 9.47 Å². The summed E-state index contributed by atoms with van der Waals surface area (Å²) in [6.45, 7) is 5.31. The maximum Gasteiger partial charge on any atom is 0.144 e. The SMILES string of the molecule is CCOC(OCC)[Si]CN=Cc1ccccc1. The largest absolute Gasteiger partial charge is 0.357 e. The molecule has 17 heavy (non-hydrogen) atoms. The summed E-state index contributed by atoms with van der Waals surface area (Å²) in [5, 5.41) is 0. The Kier molecular flexibility index (Phi) is 7.54. The molecule has 0 atom stereocenters. The maximum absolute atomic E-state index is 5.45. The Labute approximate surface area is 106 Å². The van der Waals surface area contributed by atoms with Crippen molar-refractivity contribution in [2.24, 2.45) is 4.99 Å². The first-order valence-corrected chi connectivity index (χ1v) is 7.16. The lowest BCUT2D eigenvalue weighted by molar-refractivity contribution is -0.0826. The molecule has 0 aliphatic carbocycles. The molecule has 0 amide bonds. The van der Waals surface area contributed by atoms with E-state index in [1.165, 1.54) is 0 Å². The standard InChI is InChI=1S/C13H19NO2Si/c1-3-15-13(16-4-2)17-11-14-10-12-8-6-5-7-9-12/h5-10,13H,3-4,11H2,1-2H3. The van der Waals surface area contributed by atoms with E-state index in [2.05, 4.69) is 4.99 Å². The van der Waals surface area contributed by atoms with Crippen LogP contribution in [0, 0.1) is 0 Å². The van der Waals surface area contributed by atoms with Crippen LogP contribution in [0.5, 0.6) is 0 Å². The maximum atomic E-state index is 5.45. The zero-order chi connectivity index (χ0) is 12.3. The molecule has 0 saturated heterocycles. The number of rotatable bonds is 8. The Bertz CT molecular complexity index is 310. The van der Waals surface area contributed by atoms with Gasteiger partial charge >= 0.3 is 0 Å². The van der Waals surface area contributed by atoms with Gasteiger partial charge in [0.15, 0.2) is 0 Å². The molecular formula is C13H19NO2Si. The third-order valence-corrected chi connectivity index (χ3v) is 3.06. The van der Waals surface area contributed by atoms with E-state index in [1.807, 2.05) is 50.4 Å². The molecule has 0 aliphatic rings. The monoisotopic (exact) mass is 249 g/mol. The fourth-order valence-corrected chi connectivity index (χ4v) is 2.20. The van der Waals surface area contributed by atoms with Crippen molar-refractivity contribution < 1.29 is 9.47 Å². The summed E-state index contributed by atoms with van der Waals surface area (Å²) >= 11 is 0. The summed E-state index contributed by atoms with van der Waals surface area (Å²) in [6, 6.07) is 10.1. The second-order valence-corrected chi connectivity index (χ2v) is 4.52. The van der Waals surface area contributed by atoms with E-state index in [4.69, 9.17) is 9.47 Å². The highest BCUT2D eigenvalue weighted by atomic mass is 28.2. The lowest BCUT2D eigenvalue weighted by Crippen LogP contribution is -2.26. The molecule has 1 rings (SSSR count). The van der Waals surface area contributed by atoms with Gasteiger partial charge in [0.1, 0.15) is 15.4 Å². The molecule has 1 aromatic rings. The van der Waals surface area contributed by atoms with Gasteiger partial charge in [-0.1, -0.05) is 30.3 Å². The van der Waals surface area contributed by atoms with Crippen molar-refractivity contribution in [3.63, 3.8) is 0 Å². The highest BCUT2D eigenvalue weighted by Crippen LogP contribution is 1.95. The first-order chi connectivity index (χ1) is 8.36. The minimum absolute atomic E-state index is 0.0991. The van der Waals surface area contributed by atoms with Crippen LogP contribution in [0.2, 0.25) is 0 Å². The Morgan fingerprint density at radius 1 is 1.18 bits per heavy atom. The highest BCUT2D eigenvalue weighted by Gasteiger charge is 2.07. The lowest BCUT2D eigenvalue weighted by Gasteiger charge is -2.14. The molecule has 2 radical (unpaired) electrons.